The highest BCUT2D eigenvalue weighted by Crippen LogP contribution is 2.15. The van der Waals surface area contributed by atoms with Gasteiger partial charge in [0.05, 0.1) is 6.42 Å². The third-order valence-corrected chi connectivity index (χ3v) is 3.41. The van der Waals surface area contributed by atoms with Crippen molar-refractivity contribution in [1.82, 2.24) is 26.1 Å². The minimum Gasteiger partial charge on any atom is -0.356 e. The molecule has 0 bridgehead atoms. The van der Waals surface area contributed by atoms with Gasteiger partial charge in [-0.2, -0.15) is 4.98 Å². The number of nitrogens with zero attached hydrogens (tertiary/aromatic N) is 2. The number of carbonyl (C=O) groups is 3. The van der Waals surface area contributed by atoms with Crippen molar-refractivity contribution >= 4 is 17.8 Å². The molecule has 0 spiro atoms. The molecule has 24 heavy (non-hydrogen) atoms. The van der Waals surface area contributed by atoms with E-state index in [1.165, 1.54) is 0 Å². The van der Waals surface area contributed by atoms with Gasteiger partial charge in [0.15, 0.2) is 5.82 Å². The molecular weight excluding hydrogens is 314 g/mol. The van der Waals surface area contributed by atoms with Crippen molar-refractivity contribution in [3.8, 4) is 11.5 Å². The summed E-state index contributed by atoms with van der Waals surface area (Å²) in [6, 6.07) is 7.95. The molecule has 2 heterocycles. The minimum absolute atomic E-state index is 0.112. The van der Waals surface area contributed by atoms with E-state index in [1.807, 2.05) is 30.3 Å². The summed E-state index contributed by atoms with van der Waals surface area (Å²) < 4.78 is 5.17. The van der Waals surface area contributed by atoms with Crippen LogP contribution in [-0.2, 0) is 16.0 Å². The molecule has 0 aliphatic carbocycles. The molecule has 4 amide bonds. The van der Waals surface area contributed by atoms with E-state index in [1.54, 1.807) is 0 Å². The van der Waals surface area contributed by atoms with Gasteiger partial charge in [0.2, 0.25) is 5.91 Å². The van der Waals surface area contributed by atoms with Gasteiger partial charge >= 0.3 is 6.03 Å². The average molecular weight is 329 g/mol. The summed E-state index contributed by atoms with van der Waals surface area (Å²) in [5.41, 5.74) is 0.822. The smallest absolute Gasteiger partial charge is 0.322 e. The number of rotatable bonds is 6. The van der Waals surface area contributed by atoms with Gasteiger partial charge in [-0.3, -0.25) is 14.9 Å². The van der Waals surface area contributed by atoms with Crippen molar-refractivity contribution in [2.75, 3.05) is 6.54 Å². The lowest BCUT2D eigenvalue weighted by atomic mass is 10.2. The van der Waals surface area contributed by atoms with Crippen molar-refractivity contribution in [3.63, 3.8) is 0 Å². The number of aromatic nitrogens is 2. The Morgan fingerprint density at radius 1 is 1.25 bits per heavy atom. The van der Waals surface area contributed by atoms with Crippen LogP contribution < -0.4 is 16.0 Å². The van der Waals surface area contributed by atoms with Crippen molar-refractivity contribution < 1.29 is 18.9 Å². The Morgan fingerprint density at radius 3 is 2.75 bits per heavy atom. The molecule has 0 unspecified atom stereocenters. The van der Waals surface area contributed by atoms with Gasteiger partial charge in [0.25, 0.3) is 11.8 Å². The van der Waals surface area contributed by atoms with E-state index in [9.17, 15) is 14.4 Å². The Kier molecular flexibility index (Phi) is 4.50. The Bertz CT molecular complexity index is 758. The number of amides is 4. The fourth-order valence-corrected chi connectivity index (χ4v) is 2.23. The first-order chi connectivity index (χ1) is 11.6. The zero-order valence-electron chi connectivity index (χ0n) is 12.6. The molecule has 1 saturated heterocycles. The fourth-order valence-electron chi connectivity index (χ4n) is 2.23. The topological polar surface area (TPSA) is 126 Å². The van der Waals surface area contributed by atoms with Crippen LogP contribution in [0.3, 0.4) is 0 Å². The second kappa shape index (κ2) is 6.90. The van der Waals surface area contributed by atoms with Gasteiger partial charge < -0.3 is 15.2 Å². The first-order valence-corrected chi connectivity index (χ1v) is 7.38. The summed E-state index contributed by atoms with van der Waals surface area (Å²) >= 11 is 0. The maximum Gasteiger partial charge on any atom is 0.322 e. The maximum atomic E-state index is 11.8. The van der Waals surface area contributed by atoms with Crippen LogP contribution in [0.5, 0.6) is 0 Å². The number of benzene rings is 1. The van der Waals surface area contributed by atoms with Crippen LogP contribution >= 0.6 is 0 Å². The van der Waals surface area contributed by atoms with Gasteiger partial charge in [0.1, 0.15) is 6.04 Å². The number of hydrogen-bond acceptors (Lipinski definition) is 6. The third-order valence-electron chi connectivity index (χ3n) is 3.41. The molecule has 124 valence electrons. The van der Waals surface area contributed by atoms with Crippen molar-refractivity contribution in [1.29, 1.82) is 0 Å². The molecule has 1 atom stereocenters. The molecule has 1 aromatic heterocycles. The van der Waals surface area contributed by atoms with Crippen LogP contribution in [-0.4, -0.2) is 40.6 Å². The summed E-state index contributed by atoms with van der Waals surface area (Å²) in [7, 11) is 0. The van der Waals surface area contributed by atoms with Crippen LogP contribution in [0, 0.1) is 0 Å². The van der Waals surface area contributed by atoms with Crippen LogP contribution in [0.4, 0.5) is 4.79 Å². The second-order valence-electron chi connectivity index (χ2n) is 5.20. The van der Waals surface area contributed by atoms with Crippen molar-refractivity contribution in [3.05, 3.63) is 36.2 Å². The van der Waals surface area contributed by atoms with Crippen LogP contribution in [0.25, 0.3) is 11.5 Å². The number of hydrogen-bond donors (Lipinski definition) is 3. The molecule has 1 fully saturated rings. The summed E-state index contributed by atoms with van der Waals surface area (Å²) in [6.07, 6.45) is 0.282. The number of carbonyl (C=O) groups excluding carboxylic acids is 3. The molecule has 0 saturated carbocycles. The quantitative estimate of drug-likeness (QED) is 0.640. The third kappa shape index (κ3) is 3.75. The van der Waals surface area contributed by atoms with Gasteiger partial charge in [-0.15, -0.1) is 0 Å². The lowest BCUT2D eigenvalue weighted by Gasteiger charge is -2.07. The molecule has 1 aromatic carbocycles. The second-order valence-corrected chi connectivity index (χ2v) is 5.20. The first kappa shape index (κ1) is 15.7. The first-order valence-electron chi connectivity index (χ1n) is 7.38. The molecule has 9 heteroatoms. The molecule has 9 nitrogen and oxygen atoms in total. The van der Waals surface area contributed by atoms with Gasteiger partial charge in [-0.05, 0) is 12.1 Å². The summed E-state index contributed by atoms with van der Waals surface area (Å²) in [6.45, 7) is 0.300. The zero-order valence-corrected chi connectivity index (χ0v) is 12.6. The van der Waals surface area contributed by atoms with E-state index in [2.05, 4.69) is 26.1 Å². The van der Waals surface area contributed by atoms with Crippen molar-refractivity contribution in [2.24, 2.45) is 0 Å². The summed E-state index contributed by atoms with van der Waals surface area (Å²) in [5, 5.41) is 10.9. The van der Waals surface area contributed by atoms with Gasteiger partial charge in [-0.25, -0.2) is 4.79 Å². The van der Waals surface area contributed by atoms with Crippen molar-refractivity contribution in [2.45, 2.75) is 18.9 Å². The monoisotopic (exact) mass is 329 g/mol. The minimum atomic E-state index is -0.827. The van der Waals surface area contributed by atoms with E-state index in [0.29, 0.717) is 24.7 Å². The Hall–Kier alpha value is -3.23. The van der Waals surface area contributed by atoms with Gasteiger partial charge in [-0.1, -0.05) is 23.4 Å². The Balaban J connectivity index is 1.45. The normalized spacial score (nSPS) is 16.6. The van der Waals surface area contributed by atoms with E-state index in [0.717, 1.165) is 5.56 Å². The summed E-state index contributed by atoms with van der Waals surface area (Å²) in [4.78, 5) is 38.3. The molecule has 1 aliphatic heterocycles. The maximum absolute atomic E-state index is 11.8. The number of urea groups is 1. The highest BCUT2D eigenvalue weighted by Gasteiger charge is 2.31. The molecule has 3 N–H and O–H groups in total. The highest BCUT2D eigenvalue weighted by atomic mass is 16.5. The lowest BCUT2D eigenvalue weighted by molar-refractivity contribution is -0.126. The summed E-state index contributed by atoms with van der Waals surface area (Å²) in [5.74, 6) is 0.0493. The largest absolute Gasteiger partial charge is 0.356 e. The lowest BCUT2D eigenvalue weighted by Crippen LogP contribution is -2.36. The van der Waals surface area contributed by atoms with Gasteiger partial charge in [0, 0.05) is 18.5 Å². The number of nitrogens with one attached hydrogen (secondary N) is 3. The molecular formula is C15H15N5O4. The molecule has 1 aliphatic rings. The van der Waals surface area contributed by atoms with E-state index in [4.69, 9.17) is 4.52 Å². The fraction of sp³-hybridized carbons (Fsp3) is 0.267. The zero-order chi connectivity index (χ0) is 16.9. The van der Waals surface area contributed by atoms with Crippen LogP contribution in [0.2, 0.25) is 0 Å². The SMILES string of the molecule is O=C(C[C@H]1NC(=O)NC1=O)NCCc1noc(-c2ccccc2)n1. The number of imide groups is 1. The van der Waals surface area contributed by atoms with E-state index in [-0.39, 0.29) is 12.3 Å². The molecule has 3 rings (SSSR count). The van der Waals surface area contributed by atoms with E-state index < -0.39 is 18.0 Å². The van der Waals surface area contributed by atoms with Crippen LogP contribution in [0.15, 0.2) is 34.9 Å². The molecule has 0 radical (unpaired) electrons. The molecule has 2 aromatic rings. The predicted octanol–water partition coefficient (Wildman–Crippen LogP) is -0.00660. The standard InChI is InChI=1S/C15H15N5O4/c21-12(8-10-13(22)19-15(23)17-10)16-7-6-11-18-14(24-20-11)9-4-2-1-3-5-9/h1-5,10H,6-8H2,(H,16,21)(H2,17,19,22,23)/t10-/m1/s1. The van der Waals surface area contributed by atoms with Crippen LogP contribution in [0.1, 0.15) is 12.2 Å². The predicted molar refractivity (Wildman–Crippen MR) is 81.5 cm³/mol. The average Bonchev–Trinajstić information content (AvgIpc) is 3.15. The Labute approximate surface area is 136 Å². The van der Waals surface area contributed by atoms with E-state index >= 15 is 0 Å². The Morgan fingerprint density at radius 2 is 2.04 bits per heavy atom. The highest BCUT2D eigenvalue weighted by molar-refractivity contribution is 6.05.